The first kappa shape index (κ1) is 14.7. The van der Waals surface area contributed by atoms with E-state index in [4.69, 9.17) is 23.2 Å². The van der Waals surface area contributed by atoms with Gasteiger partial charge in [0.15, 0.2) is 6.10 Å². The second-order valence-electron chi connectivity index (χ2n) is 4.09. The number of halogens is 2. The second-order valence-corrected chi connectivity index (χ2v) is 4.96. The minimum absolute atomic E-state index is 0.329. The molecule has 0 spiro atoms. The third-order valence-electron chi connectivity index (χ3n) is 2.55. The molecule has 0 fully saturated rings. The first-order valence-corrected chi connectivity index (χ1v) is 6.57. The molecule has 6 heteroatoms. The maximum atomic E-state index is 11.8. The van der Waals surface area contributed by atoms with Crippen LogP contribution in [0.1, 0.15) is 11.7 Å². The zero-order valence-electron chi connectivity index (χ0n) is 10.3. The van der Waals surface area contributed by atoms with Crippen LogP contribution in [0.4, 0.5) is 5.69 Å². The van der Waals surface area contributed by atoms with Gasteiger partial charge in [0, 0.05) is 10.0 Å². The van der Waals surface area contributed by atoms with Crippen molar-refractivity contribution in [2.75, 3.05) is 5.43 Å². The highest BCUT2D eigenvalue weighted by Crippen LogP contribution is 2.23. The lowest BCUT2D eigenvalue weighted by molar-refractivity contribution is -0.129. The summed E-state index contributed by atoms with van der Waals surface area (Å²) in [6.45, 7) is 0. The van der Waals surface area contributed by atoms with Gasteiger partial charge in [-0.25, -0.2) is 0 Å². The number of rotatable bonds is 4. The van der Waals surface area contributed by atoms with Gasteiger partial charge in [-0.2, -0.15) is 0 Å². The molecule has 0 aliphatic heterocycles. The molecule has 20 heavy (non-hydrogen) atoms. The monoisotopic (exact) mass is 310 g/mol. The van der Waals surface area contributed by atoms with Crippen molar-refractivity contribution >= 4 is 34.8 Å². The fourth-order valence-corrected chi connectivity index (χ4v) is 2.15. The number of nitrogens with one attached hydrogen (secondary N) is 2. The summed E-state index contributed by atoms with van der Waals surface area (Å²) < 4.78 is 0. The van der Waals surface area contributed by atoms with Gasteiger partial charge in [-0.1, -0.05) is 41.4 Å². The highest BCUT2D eigenvalue weighted by molar-refractivity contribution is 6.34. The van der Waals surface area contributed by atoms with E-state index in [9.17, 15) is 9.90 Å². The SMILES string of the molecule is O=C(NNc1ccccc1)C(O)c1cc(Cl)cc(Cl)c1. The molecule has 1 unspecified atom stereocenters. The van der Waals surface area contributed by atoms with Gasteiger partial charge in [-0.15, -0.1) is 0 Å². The Hall–Kier alpha value is -1.75. The molecule has 0 saturated heterocycles. The van der Waals surface area contributed by atoms with Crippen LogP contribution < -0.4 is 10.9 Å². The Labute approximate surface area is 126 Å². The van der Waals surface area contributed by atoms with E-state index in [0.29, 0.717) is 21.3 Å². The number of para-hydroxylation sites is 1. The van der Waals surface area contributed by atoms with E-state index in [2.05, 4.69) is 10.9 Å². The number of hydrogen-bond acceptors (Lipinski definition) is 3. The minimum Gasteiger partial charge on any atom is -0.378 e. The minimum atomic E-state index is -1.36. The molecule has 2 aromatic rings. The molecule has 0 radical (unpaired) electrons. The van der Waals surface area contributed by atoms with Gasteiger partial charge in [0.2, 0.25) is 0 Å². The Kier molecular flexibility index (Phi) is 4.84. The van der Waals surface area contributed by atoms with Crippen molar-refractivity contribution < 1.29 is 9.90 Å². The van der Waals surface area contributed by atoms with Gasteiger partial charge in [0.05, 0.1) is 5.69 Å². The van der Waals surface area contributed by atoms with Crippen molar-refractivity contribution in [1.29, 1.82) is 0 Å². The normalized spacial score (nSPS) is 11.8. The molecule has 3 N–H and O–H groups in total. The van der Waals surface area contributed by atoms with Gasteiger partial charge < -0.3 is 5.11 Å². The van der Waals surface area contributed by atoms with Crippen LogP contribution in [0, 0.1) is 0 Å². The first-order valence-electron chi connectivity index (χ1n) is 5.81. The molecule has 0 saturated carbocycles. The van der Waals surface area contributed by atoms with Gasteiger partial charge in [0.25, 0.3) is 5.91 Å². The topological polar surface area (TPSA) is 61.4 Å². The van der Waals surface area contributed by atoms with Crippen molar-refractivity contribution in [1.82, 2.24) is 5.43 Å². The Morgan fingerprint density at radius 1 is 1.05 bits per heavy atom. The van der Waals surface area contributed by atoms with Crippen molar-refractivity contribution in [2.45, 2.75) is 6.10 Å². The summed E-state index contributed by atoms with van der Waals surface area (Å²) in [5.41, 5.74) is 6.14. The maximum absolute atomic E-state index is 11.8. The van der Waals surface area contributed by atoms with Gasteiger partial charge in [0.1, 0.15) is 0 Å². The molecule has 0 bridgehead atoms. The van der Waals surface area contributed by atoms with Crippen LogP contribution in [0.2, 0.25) is 10.0 Å². The third kappa shape index (κ3) is 3.87. The lowest BCUT2D eigenvalue weighted by atomic mass is 10.1. The van der Waals surface area contributed by atoms with Crippen molar-refractivity contribution in [3.63, 3.8) is 0 Å². The second kappa shape index (κ2) is 6.61. The number of benzene rings is 2. The zero-order chi connectivity index (χ0) is 14.5. The average Bonchev–Trinajstić information content (AvgIpc) is 2.44. The molecule has 104 valence electrons. The fraction of sp³-hybridized carbons (Fsp3) is 0.0714. The van der Waals surface area contributed by atoms with Crippen LogP contribution in [-0.2, 0) is 4.79 Å². The summed E-state index contributed by atoms with van der Waals surface area (Å²) in [6.07, 6.45) is -1.36. The molecule has 0 heterocycles. The molecule has 2 aromatic carbocycles. The van der Waals surface area contributed by atoms with Crippen LogP contribution in [0.25, 0.3) is 0 Å². The van der Waals surface area contributed by atoms with Crippen LogP contribution in [0.3, 0.4) is 0 Å². The van der Waals surface area contributed by atoms with Crippen molar-refractivity contribution in [3.8, 4) is 0 Å². The van der Waals surface area contributed by atoms with Crippen molar-refractivity contribution in [3.05, 3.63) is 64.1 Å². The van der Waals surface area contributed by atoms with Crippen LogP contribution in [0.5, 0.6) is 0 Å². The van der Waals surface area contributed by atoms with E-state index in [-0.39, 0.29) is 0 Å². The van der Waals surface area contributed by atoms with Gasteiger partial charge in [-0.3, -0.25) is 15.6 Å². The summed E-state index contributed by atoms with van der Waals surface area (Å²) in [6, 6.07) is 13.6. The van der Waals surface area contributed by atoms with E-state index < -0.39 is 12.0 Å². The number of carbonyl (C=O) groups is 1. The number of amides is 1. The number of aliphatic hydroxyl groups excluding tert-OH is 1. The van der Waals surface area contributed by atoms with E-state index in [0.717, 1.165) is 0 Å². The van der Waals surface area contributed by atoms with Gasteiger partial charge >= 0.3 is 0 Å². The molecule has 2 rings (SSSR count). The van der Waals surface area contributed by atoms with Gasteiger partial charge in [-0.05, 0) is 35.9 Å². The number of hydrogen-bond donors (Lipinski definition) is 3. The number of hydrazine groups is 1. The quantitative estimate of drug-likeness (QED) is 0.760. The summed E-state index contributed by atoms with van der Waals surface area (Å²) in [5.74, 6) is -0.604. The highest BCUT2D eigenvalue weighted by Gasteiger charge is 2.18. The first-order chi connectivity index (χ1) is 9.56. The summed E-state index contributed by atoms with van der Waals surface area (Å²) in [7, 11) is 0. The fourth-order valence-electron chi connectivity index (χ4n) is 1.61. The Morgan fingerprint density at radius 2 is 1.65 bits per heavy atom. The lowest BCUT2D eigenvalue weighted by Crippen LogP contribution is -2.33. The van der Waals surface area contributed by atoms with E-state index in [1.165, 1.54) is 18.2 Å². The molecule has 0 aromatic heterocycles. The Morgan fingerprint density at radius 3 is 2.25 bits per heavy atom. The predicted molar refractivity (Wildman–Crippen MR) is 79.6 cm³/mol. The number of aliphatic hydroxyl groups is 1. The molecular formula is C14H12Cl2N2O2. The smallest absolute Gasteiger partial charge is 0.271 e. The van der Waals surface area contributed by atoms with E-state index in [1.54, 1.807) is 12.1 Å². The standard InChI is InChI=1S/C14H12Cl2N2O2/c15-10-6-9(7-11(16)8-10)13(19)14(20)18-17-12-4-2-1-3-5-12/h1-8,13,17,19H,(H,18,20). The molecular weight excluding hydrogens is 299 g/mol. The third-order valence-corrected chi connectivity index (χ3v) is 2.99. The van der Waals surface area contributed by atoms with Crippen LogP contribution in [-0.4, -0.2) is 11.0 Å². The number of carbonyl (C=O) groups excluding carboxylic acids is 1. The van der Waals surface area contributed by atoms with E-state index in [1.807, 2.05) is 18.2 Å². The maximum Gasteiger partial charge on any atom is 0.271 e. The molecule has 0 aliphatic carbocycles. The highest BCUT2D eigenvalue weighted by atomic mass is 35.5. The summed E-state index contributed by atoms with van der Waals surface area (Å²) in [4.78, 5) is 11.8. The Bertz CT molecular complexity index is 585. The lowest BCUT2D eigenvalue weighted by Gasteiger charge is -2.13. The average molecular weight is 311 g/mol. The zero-order valence-corrected chi connectivity index (χ0v) is 11.8. The van der Waals surface area contributed by atoms with Crippen LogP contribution >= 0.6 is 23.2 Å². The van der Waals surface area contributed by atoms with Crippen molar-refractivity contribution in [2.24, 2.45) is 0 Å². The number of anilines is 1. The summed E-state index contributed by atoms with van der Waals surface area (Å²) in [5, 5.41) is 10.7. The summed E-state index contributed by atoms with van der Waals surface area (Å²) >= 11 is 11.7. The van der Waals surface area contributed by atoms with Crippen LogP contribution in [0.15, 0.2) is 48.5 Å². The molecule has 4 nitrogen and oxygen atoms in total. The molecule has 1 amide bonds. The molecule has 0 aliphatic rings. The Balaban J connectivity index is 2.01. The largest absolute Gasteiger partial charge is 0.378 e. The predicted octanol–water partition coefficient (Wildman–Crippen LogP) is 3.17. The van der Waals surface area contributed by atoms with E-state index >= 15 is 0 Å². The molecule has 1 atom stereocenters.